The molecule has 0 spiro atoms. The van der Waals surface area contributed by atoms with Crippen LogP contribution in [-0.4, -0.2) is 17.5 Å². The molecule has 0 radical (unpaired) electrons. The largest absolute Gasteiger partial charge is 0.484 e. The lowest BCUT2D eigenvalue weighted by molar-refractivity contribution is -0.123. The molecule has 0 aliphatic carbocycles. The van der Waals surface area contributed by atoms with Crippen LogP contribution in [0.15, 0.2) is 71.1 Å². The SMILES string of the molecule is Cc1nc(CNC(=O)COc2ccc3ccccc3c2)oc1-c1ccc(Cl)cc1. The maximum Gasteiger partial charge on any atom is 0.258 e. The van der Waals surface area contributed by atoms with E-state index in [2.05, 4.69) is 10.3 Å². The van der Waals surface area contributed by atoms with Crippen molar-refractivity contribution in [2.24, 2.45) is 0 Å². The standard InChI is InChI=1S/C23H19ClN2O3/c1-15-23(17-6-9-19(24)10-7-17)29-22(26-15)13-25-21(27)14-28-20-11-8-16-4-2-3-5-18(16)12-20/h2-12H,13-14H2,1H3,(H,25,27). The van der Waals surface area contributed by atoms with Gasteiger partial charge in [-0.3, -0.25) is 4.79 Å². The van der Waals surface area contributed by atoms with Crippen molar-refractivity contribution < 1.29 is 13.9 Å². The fourth-order valence-corrected chi connectivity index (χ4v) is 3.15. The molecule has 0 unspecified atom stereocenters. The van der Waals surface area contributed by atoms with Gasteiger partial charge in [0.05, 0.1) is 12.2 Å². The third-order valence-electron chi connectivity index (χ3n) is 4.47. The van der Waals surface area contributed by atoms with Gasteiger partial charge in [-0.25, -0.2) is 4.98 Å². The first-order valence-electron chi connectivity index (χ1n) is 9.19. The Morgan fingerprint density at radius 1 is 1.07 bits per heavy atom. The predicted molar refractivity (Wildman–Crippen MR) is 113 cm³/mol. The lowest BCUT2D eigenvalue weighted by Crippen LogP contribution is -2.28. The number of carbonyl (C=O) groups is 1. The Morgan fingerprint density at radius 2 is 1.83 bits per heavy atom. The number of fused-ring (bicyclic) bond motifs is 1. The molecule has 146 valence electrons. The van der Waals surface area contributed by atoms with Gasteiger partial charge in [0.15, 0.2) is 12.4 Å². The Balaban J connectivity index is 1.33. The minimum Gasteiger partial charge on any atom is -0.484 e. The molecule has 3 aromatic carbocycles. The van der Waals surface area contributed by atoms with Crippen molar-refractivity contribution in [1.82, 2.24) is 10.3 Å². The summed E-state index contributed by atoms with van der Waals surface area (Å²) in [6.45, 7) is 1.97. The van der Waals surface area contributed by atoms with Crippen LogP contribution in [0.3, 0.4) is 0 Å². The second-order valence-corrected chi connectivity index (χ2v) is 7.04. The summed E-state index contributed by atoms with van der Waals surface area (Å²) in [5.41, 5.74) is 1.64. The number of rotatable bonds is 6. The summed E-state index contributed by atoms with van der Waals surface area (Å²) in [6.07, 6.45) is 0. The molecule has 0 aliphatic heterocycles. The molecule has 0 saturated heterocycles. The number of benzene rings is 3. The van der Waals surface area contributed by atoms with E-state index < -0.39 is 0 Å². The van der Waals surface area contributed by atoms with E-state index in [1.54, 1.807) is 12.1 Å². The van der Waals surface area contributed by atoms with E-state index in [-0.39, 0.29) is 19.1 Å². The first-order valence-corrected chi connectivity index (χ1v) is 9.57. The molecule has 4 rings (SSSR count). The van der Waals surface area contributed by atoms with E-state index in [9.17, 15) is 4.79 Å². The number of nitrogens with one attached hydrogen (secondary N) is 1. The topological polar surface area (TPSA) is 64.4 Å². The van der Waals surface area contributed by atoms with E-state index in [0.717, 1.165) is 22.0 Å². The number of ether oxygens (including phenoxy) is 1. The van der Waals surface area contributed by atoms with Crippen molar-refractivity contribution in [1.29, 1.82) is 0 Å². The van der Waals surface area contributed by atoms with E-state index in [0.29, 0.717) is 22.4 Å². The summed E-state index contributed by atoms with van der Waals surface area (Å²) in [7, 11) is 0. The maximum absolute atomic E-state index is 12.1. The van der Waals surface area contributed by atoms with Crippen molar-refractivity contribution in [2.45, 2.75) is 13.5 Å². The molecule has 6 heteroatoms. The van der Waals surface area contributed by atoms with Gasteiger partial charge in [-0.1, -0.05) is 41.9 Å². The van der Waals surface area contributed by atoms with Gasteiger partial charge in [-0.15, -0.1) is 0 Å². The third-order valence-corrected chi connectivity index (χ3v) is 4.73. The molecule has 1 N–H and O–H groups in total. The van der Waals surface area contributed by atoms with Gasteiger partial charge in [0.1, 0.15) is 5.75 Å². The number of oxazole rings is 1. The Hall–Kier alpha value is -3.31. The highest BCUT2D eigenvalue weighted by Crippen LogP contribution is 2.26. The second kappa shape index (κ2) is 8.37. The number of hydrogen-bond donors (Lipinski definition) is 1. The van der Waals surface area contributed by atoms with E-state index >= 15 is 0 Å². The summed E-state index contributed by atoms with van der Waals surface area (Å²) in [5, 5.41) is 5.61. The third kappa shape index (κ3) is 4.58. The number of carbonyl (C=O) groups excluding carboxylic acids is 1. The molecule has 0 aliphatic rings. The highest BCUT2D eigenvalue weighted by molar-refractivity contribution is 6.30. The fraction of sp³-hybridized carbons (Fsp3) is 0.130. The molecule has 0 bridgehead atoms. The first kappa shape index (κ1) is 19.0. The zero-order chi connectivity index (χ0) is 20.2. The van der Waals surface area contributed by atoms with Gasteiger partial charge >= 0.3 is 0 Å². The van der Waals surface area contributed by atoms with Crippen molar-refractivity contribution in [2.75, 3.05) is 6.61 Å². The molecule has 4 aromatic rings. The monoisotopic (exact) mass is 406 g/mol. The molecular formula is C23H19ClN2O3. The zero-order valence-corrected chi connectivity index (χ0v) is 16.6. The predicted octanol–water partition coefficient (Wildman–Crippen LogP) is 5.15. The number of aromatic nitrogens is 1. The number of aryl methyl sites for hydroxylation is 1. The summed E-state index contributed by atoms with van der Waals surface area (Å²) in [5.74, 6) is 1.50. The van der Waals surface area contributed by atoms with Gasteiger partial charge in [-0.2, -0.15) is 0 Å². The van der Waals surface area contributed by atoms with Gasteiger partial charge in [0.25, 0.3) is 5.91 Å². The van der Waals surface area contributed by atoms with Crippen LogP contribution in [0.25, 0.3) is 22.1 Å². The number of nitrogens with zero attached hydrogens (tertiary/aromatic N) is 1. The molecule has 1 amide bonds. The van der Waals surface area contributed by atoms with E-state index in [1.807, 2.05) is 61.5 Å². The number of hydrogen-bond acceptors (Lipinski definition) is 4. The average molecular weight is 407 g/mol. The number of amides is 1. The Labute approximate surface area is 173 Å². The smallest absolute Gasteiger partial charge is 0.258 e. The van der Waals surface area contributed by atoms with Gasteiger partial charge < -0.3 is 14.5 Å². The van der Waals surface area contributed by atoms with Crippen LogP contribution in [0.2, 0.25) is 5.02 Å². The first-order chi connectivity index (χ1) is 14.1. The van der Waals surface area contributed by atoms with Crippen LogP contribution >= 0.6 is 11.6 Å². The van der Waals surface area contributed by atoms with Crippen LogP contribution < -0.4 is 10.1 Å². The highest BCUT2D eigenvalue weighted by Gasteiger charge is 2.13. The Bertz CT molecular complexity index is 1150. The normalized spacial score (nSPS) is 10.8. The molecule has 29 heavy (non-hydrogen) atoms. The molecule has 0 saturated carbocycles. The highest BCUT2D eigenvalue weighted by atomic mass is 35.5. The van der Waals surface area contributed by atoms with Crippen LogP contribution in [0.5, 0.6) is 5.75 Å². The van der Waals surface area contributed by atoms with Crippen LogP contribution in [-0.2, 0) is 11.3 Å². The quantitative estimate of drug-likeness (QED) is 0.480. The lowest BCUT2D eigenvalue weighted by Gasteiger charge is -2.07. The van der Waals surface area contributed by atoms with Crippen molar-refractivity contribution in [3.63, 3.8) is 0 Å². The fourth-order valence-electron chi connectivity index (χ4n) is 3.03. The van der Waals surface area contributed by atoms with Gasteiger partial charge in [0.2, 0.25) is 5.89 Å². The summed E-state index contributed by atoms with van der Waals surface area (Å²) in [4.78, 5) is 16.5. The van der Waals surface area contributed by atoms with Gasteiger partial charge in [0, 0.05) is 10.6 Å². The van der Waals surface area contributed by atoms with E-state index in [4.69, 9.17) is 20.8 Å². The van der Waals surface area contributed by atoms with E-state index in [1.165, 1.54) is 0 Å². The minimum atomic E-state index is -0.248. The van der Waals surface area contributed by atoms with Crippen LogP contribution in [0.4, 0.5) is 0 Å². The molecule has 5 nitrogen and oxygen atoms in total. The zero-order valence-electron chi connectivity index (χ0n) is 15.8. The Kier molecular flexibility index (Phi) is 5.49. The molecule has 0 fully saturated rings. The van der Waals surface area contributed by atoms with Gasteiger partial charge in [-0.05, 0) is 54.1 Å². The Morgan fingerprint density at radius 3 is 2.62 bits per heavy atom. The average Bonchev–Trinajstić information content (AvgIpc) is 3.11. The van der Waals surface area contributed by atoms with Crippen molar-refractivity contribution in [3.8, 4) is 17.1 Å². The summed E-state index contributed by atoms with van der Waals surface area (Å²) < 4.78 is 11.4. The molecule has 1 aromatic heterocycles. The molecular weight excluding hydrogens is 388 g/mol. The molecule has 1 heterocycles. The second-order valence-electron chi connectivity index (χ2n) is 6.60. The minimum absolute atomic E-state index is 0.0813. The molecule has 0 atom stereocenters. The van der Waals surface area contributed by atoms with Crippen LogP contribution in [0, 0.1) is 6.92 Å². The van der Waals surface area contributed by atoms with Crippen LogP contribution in [0.1, 0.15) is 11.6 Å². The summed E-state index contributed by atoms with van der Waals surface area (Å²) in [6, 6.07) is 21.1. The maximum atomic E-state index is 12.1. The lowest BCUT2D eigenvalue weighted by atomic mass is 10.1. The van der Waals surface area contributed by atoms with Crippen molar-refractivity contribution in [3.05, 3.63) is 83.3 Å². The van der Waals surface area contributed by atoms with Crippen molar-refractivity contribution >= 4 is 28.3 Å². The summed E-state index contributed by atoms with van der Waals surface area (Å²) >= 11 is 5.93. The number of halogens is 1.